The van der Waals surface area contributed by atoms with Gasteiger partial charge in [0, 0.05) is 18.8 Å². The summed E-state index contributed by atoms with van der Waals surface area (Å²) in [5.74, 6) is 0. The van der Waals surface area contributed by atoms with Gasteiger partial charge in [0.2, 0.25) is 0 Å². The highest BCUT2D eigenvalue weighted by atomic mass is 19.4. The lowest BCUT2D eigenvalue weighted by Crippen LogP contribution is -2.27. The molecule has 1 saturated heterocycles. The van der Waals surface area contributed by atoms with E-state index in [0.717, 1.165) is 25.3 Å². The molecule has 2 rings (SSSR count). The quantitative estimate of drug-likeness (QED) is 0.923. The van der Waals surface area contributed by atoms with Crippen molar-refractivity contribution in [3.05, 3.63) is 29.3 Å². The molecule has 1 aromatic carbocycles. The van der Waals surface area contributed by atoms with Crippen molar-refractivity contribution in [1.82, 2.24) is 0 Å². The third-order valence-corrected chi connectivity index (χ3v) is 3.25. The molecule has 20 heavy (non-hydrogen) atoms. The van der Waals surface area contributed by atoms with Crippen LogP contribution in [0.15, 0.2) is 18.2 Å². The van der Waals surface area contributed by atoms with E-state index in [1.807, 2.05) is 0 Å². The Morgan fingerprint density at radius 3 is 2.75 bits per heavy atom. The van der Waals surface area contributed by atoms with Gasteiger partial charge in [-0.05, 0) is 37.5 Å². The first-order valence-corrected chi connectivity index (χ1v) is 6.47. The third-order valence-electron chi connectivity index (χ3n) is 3.25. The highest BCUT2D eigenvalue weighted by molar-refractivity contribution is 5.53. The normalized spacial score (nSPS) is 19.4. The van der Waals surface area contributed by atoms with Gasteiger partial charge in [-0.15, -0.1) is 0 Å². The number of nitrogens with zero attached hydrogens (tertiary/aromatic N) is 1. The second kappa shape index (κ2) is 6.14. The van der Waals surface area contributed by atoms with E-state index in [1.165, 1.54) is 12.1 Å². The Hall–Kier alpha value is -1.74. The summed E-state index contributed by atoms with van der Waals surface area (Å²) in [4.78, 5) is 0. The second-order valence-electron chi connectivity index (χ2n) is 4.74. The molecule has 0 bridgehead atoms. The lowest BCUT2D eigenvalue weighted by atomic mass is 10.1. The molecule has 1 unspecified atom stereocenters. The minimum Gasteiger partial charge on any atom is -0.382 e. The molecular weight excluding hydrogens is 269 g/mol. The van der Waals surface area contributed by atoms with Crippen molar-refractivity contribution in [3.63, 3.8) is 0 Å². The predicted octanol–water partition coefficient (Wildman–Crippen LogP) is 3.56. The highest BCUT2D eigenvalue weighted by Crippen LogP contribution is 2.33. The smallest absolute Gasteiger partial charge is 0.382 e. The minimum absolute atomic E-state index is 0.0359. The molecule has 0 aromatic heterocycles. The molecule has 0 radical (unpaired) electrons. The lowest BCUT2D eigenvalue weighted by molar-refractivity contribution is -0.137. The molecule has 1 fully saturated rings. The van der Waals surface area contributed by atoms with Crippen molar-refractivity contribution in [2.24, 2.45) is 0 Å². The van der Waals surface area contributed by atoms with E-state index in [9.17, 15) is 13.2 Å². The maximum absolute atomic E-state index is 12.8. The number of nitrogens with one attached hydrogen (secondary N) is 1. The fourth-order valence-corrected chi connectivity index (χ4v) is 2.19. The van der Waals surface area contributed by atoms with Gasteiger partial charge < -0.3 is 10.1 Å². The number of rotatable bonds is 3. The monoisotopic (exact) mass is 284 g/mol. The fourth-order valence-electron chi connectivity index (χ4n) is 2.19. The predicted molar refractivity (Wildman–Crippen MR) is 68.2 cm³/mol. The number of alkyl halides is 3. The van der Waals surface area contributed by atoms with Crippen LogP contribution in [-0.2, 0) is 10.9 Å². The molecule has 3 nitrogen and oxygen atoms in total. The summed E-state index contributed by atoms with van der Waals surface area (Å²) in [6.45, 7) is 1.18. The average Bonchev–Trinajstić information content (AvgIpc) is 2.45. The molecule has 108 valence electrons. The van der Waals surface area contributed by atoms with Crippen molar-refractivity contribution in [2.45, 2.75) is 31.5 Å². The third kappa shape index (κ3) is 3.64. The Morgan fingerprint density at radius 1 is 1.35 bits per heavy atom. The lowest BCUT2D eigenvalue weighted by Gasteiger charge is -2.23. The van der Waals surface area contributed by atoms with Crippen LogP contribution in [0.5, 0.6) is 0 Å². The van der Waals surface area contributed by atoms with Gasteiger partial charge in [0.05, 0.1) is 23.3 Å². The van der Waals surface area contributed by atoms with Gasteiger partial charge in [-0.25, -0.2) is 0 Å². The Bertz CT molecular complexity index is 502. The standard InChI is InChI=1S/C14H15F3N2O/c15-14(16,17)13-7-11(5-4-10(13)8-18)19-9-12-3-1-2-6-20-12/h4-5,7,12,19H,1-3,6,9H2. The van der Waals surface area contributed by atoms with Crippen molar-refractivity contribution in [3.8, 4) is 6.07 Å². The van der Waals surface area contributed by atoms with Crippen LogP contribution in [-0.4, -0.2) is 19.3 Å². The maximum Gasteiger partial charge on any atom is 0.417 e. The van der Waals surface area contributed by atoms with Crippen molar-refractivity contribution in [2.75, 3.05) is 18.5 Å². The van der Waals surface area contributed by atoms with Gasteiger partial charge in [0.1, 0.15) is 0 Å². The molecule has 0 saturated carbocycles. The Morgan fingerprint density at radius 2 is 2.15 bits per heavy atom. The molecular formula is C14H15F3N2O. The van der Waals surface area contributed by atoms with E-state index in [0.29, 0.717) is 18.8 Å². The summed E-state index contributed by atoms with van der Waals surface area (Å²) < 4.78 is 43.9. The van der Waals surface area contributed by atoms with Gasteiger partial charge in [-0.2, -0.15) is 18.4 Å². The summed E-state index contributed by atoms with van der Waals surface area (Å²) in [5.41, 5.74) is -0.919. The first kappa shape index (κ1) is 14.7. The van der Waals surface area contributed by atoms with Crippen LogP contribution in [0.1, 0.15) is 30.4 Å². The van der Waals surface area contributed by atoms with Crippen LogP contribution in [0.3, 0.4) is 0 Å². The Balaban J connectivity index is 2.07. The molecule has 6 heteroatoms. The fraction of sp³-hybridized carbons (Fsp3) is 0.500. The number of ether oxygens (including phenoxy) is 1. The van der Waals surface area contributed by atoms with Gasteiger partial charge in [-0.1, -0.05) is 0 Å². The van der Waals surface area contributed by atoms with Gasteiger partial charge in [0.25, 0.3) is 0 Å². The zero-order chi connectivity index (χ0) is 14.6. The molecule has 0 spiro atoms. The van der Waals surface area contributed by atoms with Crippen LogP contribution in [0.4, 0.5) is 18.9 Å². The van der Waals surface area contributed by atoms with Crippen LogP contribution >= 0.6 is 0 Å². The minimum atomic E-state index is -4.52. The second-order valence-corrected chi connectivity index (χ2v) is 4.74. The molecule has 1 N–H and O–H groups in total. The molecule has 1 atom stereocenters. The van der Waals surface area contributed by atoms with Crippen LogP contribution in [0, 0.1) is 11.3 Å². The van der Waals surface area contributed by atoms with E-state index in [1.54, 1.807) is 6.07 Å². The molecule has 0 amide bonds. The van der Waals surface area contributed by atoms with Crippen molar-refractivity contribution < 1.29 is 17.9 Å². The summed E-state index contributed by atoms with van der Waals surface area (Å²) >= 11 is 0. The number of halogens is 3. The molecule has 0 aliphatic carbocycles. The first-order valence-electron chi connectivity index (χ1n) is 6.47. The van der Waals surface area contributed by atoms with Crippen LogP contribution in [0.2, 0.25) is 0 Å². The van der Waals surface area contributed by atoms with Gasteiger partial charge in [0.15, 0.2) is 0 Å². The van der Waals surface area contributed by atoms with Crippen LogP contribution < -0.4 is 5.32 Å². The van der Waals surface area contributed by atoms with Gasteiger partial charge >= 0.3 is 6.18 Å². The Kier molecular flexibility index (Phi) is 4.50. The number of benzene rings is 1. The van der Waals surface area contributed by atoms with E-state index in [-0.39, 0.29) is 11.7 Å². The van der Waals surface area contributed by atoms with E-state index in [2.05, 4.69) is 5.32 Å². The largest absolute Gasteiger partial charge is 0.417 e. The zero-order valence-corrected chi connectivity index (χ0v) is 10.8. The van der Waals surface area contributed by atoms with Crippen molar-refractivity contribution >= 4 is 5.69 Å². The number of nitriles is 1. The summed E-state index contributed by atoms with van der Waals surface area (Å²) in [5, 5.41) is 11.7. The van der Waals surface area contributed by atoms with E-state index >= 15 is 0 Å². The SMILES string of the molecule is N#Cc1ccc(NCC2CCCCO2)cc1C(F)(F)F. The summed E-state index contributed by atoms with van der Waals surface area (Å²) in [7, 11) is 0. The number of hydrogen-bond acceptors (Lipinski definition) is 3. The first-order chi connectivity index (χ1) is 9.50. The summed E-state index contributed by atoms with van der Waals surface area (Å²) in [6.07, 6.45) is -1.47. The van der Waals surface area contributed by atoms with Crippen molar-refractivity contribution in [1.29, 1.82) is 5.26 Å². The highest BCUT2D eigenvalue weighted by Gasteiger charge is 2.33. The van der Waals surface area contributed by atoms with E-state index < -0.39 is 11.7 Å². The molecule has 1 aliphatic heterocycles. The number of hydrogen-bond donors (Lipinski definition) is 1. The molecule has 1 aliphatic rings. The average molecular weight is 284 g/mol. The topological polar surface area (TPSA) is 45.0 Å². The summed E-state index contributed by atoms with van der Waals surface area (Å²) in [6, 6.07) is 5.21. The zero-order valence-electron chi connectivity index (χ0n) is 10.8. The molecule has 1 aromatic rings. The maximum atomic E-state index is 12.8. The molecule has 1 heterocycles. The number of anilines is 1. The van der Waals surface area contributed by atoms with Gasteiger partial charge in [-0.3, -0.25) is 0 Å². The Labute approximate surface area is 115 Å². The van der Waals surface area contributed by atoms with Crippen LogP contribution in [0.25, 0.3) is 0 Å². The van der Waals surface area contributed by atoms with E-state index in [4.69, 9.17) is 10.00 Å².